The van der Waals surface area contributed by atoms with Crippen LogP contribution in [0.1, 0.15) is 16.7 Å². The Morgan fingerprint density at radius 1 is 0.789 bits per heavy atom. The number of alkyl halides is 3. The highest BCUT2D eigenvalue weighted by Gasteiger charge is 2.31. The molecule has 3 rings (SSSR count). The Hall–Kier alpha value is -3.93. The average molecular weight is 557 g/mol. The minimum Gasteiger partial charge on any atom is -0.493 e. The quantitative estimate of drug-likeness (QED) is 0.227. The molecule has 0 fully saturated rings. The van der Waals surface area contributed by atoms with Gasteiger partial charge in [0, 0.05) is 5.56 Å². The molecule has 3 aromatic rings. The van der Waals surface area contributed by atoms with Crippen LogP contribution in [0.5, 0.6) is 28.7 Å². The second kappa shape index (κ2) is 11.6. The lowest BCUT2D eigenvalue weighted by Gasteiger charge is -2.15. The summed E-state index contributed by atoms with van der Waals surface area (Å²) in [5.41, 5.74) is 0.960. The molecule has 0 aromatic heterocycles. The van der Waals surface area contributed by atoms with E-state index in [9.17, 15) is 26.0 Å². The van der Waals surface area contributed by atoms with E-state index >= 15 is 0 Å². The lowest BCUT2D eigenvalue weighted by Crippen LogP contribution is -2.17. The molecule has 0 saturated heterocycles. The normalized spacial score (nSPS) is 11.9. The minimum atomic E-state index is -4.92. The van der Waals surface area contributed by atoms with E-state index in [0.717, 1.165) is 30.3 Å². The molecule has 0 aliphatic rings. The molecule has 204 valence electrons. The Kier molecular flexibility index (Phi) is 8.77. The molecule has 0 aliphatic heterocycles. The first-order valence-electron chi connectivity index (χ1n) is 10.8. The van der Waals surface area contributed by atoms with Gasteiger partial charge in [-0.25, -0.2) is 12.8 Å². The summed E-state index contributed by atoms with van der Waals surface area (Å²) in [7, 11) is 1.45. The number of sulfone groups is 1. The Labute approximate surface area is 217 Å². The maximum Gasteiger partial charge on any atom is 0.573 e. The van der Waals surface area contributed by atoms with E-state index in [1.165, 1.54) is 34.5 Å². The van der Waals surface area contributed by atoms with E-state index in [1.807, 2.05) is 0 Å². The zero-order valence-corrected chi connectivity index (χ0v) is 21.6. The van der Waals surface area contributed by atoms with Crippen LogP contribution in [0.25, 0.3) is 12.2 Å². The zero-order valence-electron chi connectivity index (χ0n) is 20.8. The van der Waals surface area contributed by atoms with Gasteiger partial charge in [0.2, 0.25) is 5.75 Å². The number of ether oxygens (including phenoxy) is 5. The molecular formula is C26H24F4O7S. The van der Waals surface area contributed by atoms with E-state index in [2.05, 4.69) is 4.74 Å². The topological polar surface area (TPSA) is 80.3 Å². The zero-order chi connectivity index (χ0) is 28.1. The van der Waals surface area contributed by atoms with Gasteiger partial charge in [0.05, 0.1) is 39.1 Å². The Bertz CT molecular complexity index is 1390. The van der Waals surface area contributed by atoms with Crippen molar-refractivity contribution in [2.24, 2.45) is 0 Å². The molecule has 0 N–H and O–H groups in total. The third kappa shape index (κ3) is 6.68. The van der Waals surface area contributed by atoms with Gasteiger partial charge in [0.25, 0.3) is 0 Å². The van der Waals surface area contributed by atoms with Gasteiger partial charge in [-0.2, -0.15) is 0 Å². The van der Waals surface area contributed by atoms with Crippen molar-refractivity contribution in [3.63, 3.8) is 0 Å². The summed E-state index contributed by atoms with van der Waals surface area (Å²) in [6.07, 6.45) is -1.72. The molecular weight excluding hydrogens is 532 g/mol. The number of methoxy groups -OCH3 is 4. The Balaban J connectivity index is 2.01. The first kappa shape index (κ1) is 28.6. The van der Waals surface area contributed by atoms with E-state index in [0.29, 0.717) is 28.4 Å². The summed E-state index contributed by atoms with van der Waals surface area (Å²) < 4.78 is 103. The first-order valence-corrected chi connectivity index (χ1v) is 12.5. The van der Waals surface area contributed by atoms with Crippen molar-refractivity contribution in [1.29, 1.82) is 0 Å². The van der Waals surface area contributed by atoms with E-state index in [-0.39, 0.29) is 16.2 Å². The monoisotopic (exact) mass is 556 g/mol. The van der Waals surface area contributed by atoms with Gasteiger partial charge in [-0.1, -0.05) is 18.2 Å². The number of hydrogen-bond acceptors (Lipinski definition) is 7. The lowest BCUT2D eigenvalue weighted by atomic mass is 10.0. The summed E-state index contributed by atoms with van der Waals surface area (Å²) >= 11 is 0. The van der Waals surface area contributed by atoms with Crippen LogP contribution in [-0.4, -0.2) is 43.2 Å². The fourth-order valence-corrected chi connectivity index (χ4v) is 5.04. The molecule has 38 heavy (non-hydrogen) atoms. The average Bonchev–Trinajstić information content (AvgIpc) is 2.86. The van der Waals surface area contributed by atoms with Crippen molar-refractivity contribution in [3.8, 4) is 28.7 Å². The molecule has 0 unspecified atom stereocenters. The molecule has 0 heterocycles. The Morgan fingerprint density at radius 3 is 1.87 bits per heavy atom. The van der Waals surface area contributed by atoms with Crippen LogP contribution in [0.3, 0.4) is 0 Å². The number of hydrogen-bond donors (Lipinski definition) is 0. The highest BCUT2D eigenvalue weighted by molar-refractivity contribution is 7.90. The van der Waals surface area contributed by atoms with Crippen molar-refractivity contribution >= 4 is 22.0 Å². The maximum atomic E-state index is 14.5. The predicted molar refractivity (Wildman–Crippen MR) is 132 cm³/mol. The maximum absolute atomic E-state index is 14.5. The van der Waals surface area contributed by atoms with E-state index in [4.69, 9.17) is 18.9 Å². The van der Waals surface area contributed by atoms with Crippen LogP contribution < -0.4 is 23.7 Å². The number of halogens is 4. The highest BCUT2D eigenvalue weighted by Crippen LogP contribution is 2.39. The van der Waals surface area contributed by atoms with Crippen molar-refractivity contribution in [2.75, 3.05) is 28.4 Å². The molecule has 3 aromatic carbocycles. The summed E-state index contributed by atoms with van der Waals surface area (Å²) in [6, 6.07) is 9.58. The molecule has 0 bridgehead atoms. The van der Waals surface area contributed by atoms with E-state index < -0.39 is 33.5 Å². The summed E-state index contributed by atoms with van der Waals surface area (Å²) in [4.78, 5) is -0.280. The molecule has 12 heteroatoms. The largest absolute Gasteiger partial charge is 0.573 e. The number of benzene rings is 3. The van der Waals surface area contributed by atoms with Crippen molar-refractivity contribution in [2.45, 2.75) is 17.0 Å². The SMILES string of the molecule is COc1cc(/C=C\c2ccc(F)c(OC)c2CS(=O)(=O)c2ccc(OC(F)(F)F)cc2)cc(OC)c1OC. The second-order valence-electron chi connectivity index (χ2n) is 7.72. The summed E-state index contributed by atoms with van der Waals surface area (Å²) in [5, 5.41) is 0. The van der Waals surface area contributed by atoms with Crippen molar-refractivity contribution in [3.05, 3.63) is 71.0 Å². The standard InChI is InChI=1S/C26H24F4O7S/c1-33-22-13-16(14-23(34-2)25(22)36-4)5-6-17-7-12-21(27)24(35-3)20(17)15-38(31,32)19-10-8-18(9-11-19)37-26(28,29)30/h5-14H,15H2,1-4H3/b6-5-. The van der Waals surface area contributed by atoms with E-state index in [1.54, 1.807) is 24.3 Å². The van der Waals surface area contributed by atoms with Crippen molar-refractivity contribution in [1.82, 2.24) is 0 Å². The van der Waals surface area contributed by atoms with Crippen molar-refractivity contribution < 1.29 is 49.7 Å². The van der Waals surface area contributed by atoms with Gasteiger partial charge >= 0.3 is 6.36 Å². The van der Waals surface area contributed by atoms with Gasteiger partial charge in [-0.3, -0.25) is 0 Å². The van der Waals surface area contributed by atoms with Crippen LogP contribution in [-0.2, 0) is 15.6 Å². The molecule has 0 spiro atoms. The fraction of sp³-hybridized carbons (Fsp3) is 0.231. The van der Waals surface area contributed by atoms with Gasteiger partial charge < -0.3 is 23.7 Å². The fourth-order valence-electron chi connectivity index (χ4n) is 3.65. The summed E-state index contributed by atoms with van der Waals surface area (Å²) in [5.74, 6) is -1.16. The Morgan fingerprint density at radius 2 is 1.37 bits per heavy atom. The molecule has 0 radical (unpaired) electrons. The van der Waals surface area contributed by atoms with Crippen LogP contribution >= 0.6 is 0 Å². The van der Waals surface area contributed by atoms with Gasteiger partial charge in [0.15, 0.2) is 32.9 Å². The minimum absolute atomic E-state index is 0.0202. The number of rotatable bonds is 10. The third-order valence-electron chi connectivity index (χ3n) is 5.35. The van der Waals surface area contributed by atoms with Gasteiger partial charge in [-0.15, -0.1) is 13.2 Å². The molecule has 0 atom stereocenters. The smallest absolute Gasteiger partial charge is 0.493 e. The third-order valence-corrected chi connectivity index (χ3v) is 7.01. The molecule has 0 amide bonds. The van der Waals surface area contributed by atoms with Gasteiger partial charge in [-0.05, 0) is 53.6 Å². The van der Waals surface area contributed by atoms with Crippen LogP contribution in [0.2, 0.25) is 0 Å². The second-order valence-corrected chi connectivity index (χ2v) is 9.71. The van der Waals surface area contributed by atoms with Gasteiger partial charge in [0.1, 0.15) is 5.75 Å². The first-order chi connectivity index (χ1) is 17.9. The predicted octanol–water partition coefficient (Wildman–Crippen LogP) is 5.90. The van der Waals surface area contributed by atoms with Crippen LogP contribution in [0, 0.1) is 5.82 Å². The van der Waals surface area contributed by atoms with Crippen LogP contribution in [0.4, 0.5) is 17.6 Å². The highest BCUT2D eigenvalue weighted by atomic mass is 32.2. The molecule has 0 saturated carbocycles. The lowest BCUT2D eigenvalue weighted by molar-refractivity contribution is -0.274. The van der Waals surface area contributed by atoms with Crippen LogP contribution in [0.15, 0.2) is 53.4 Å². The molecule has 7 nitrogen and oxygen atoms in total. The summed E-state index contributed by atoms with van der Waals surface area (Å²) in [6.45, 7) is 0. The molecule has 0 aliphatic carbocycles.